The van der Waals surface area contributed by atoms with E-state index in [0.717, 1.165) is 16.2 Å². The van der Waals surface area contributed by atoms with E-state index in [1.165, 1.54) is 28.1 Å². The fourth-order valence-corrected chi connectivity index (χ4v) is 5.63. The molecule has 3 unspecified atom stereocenters. The minimum absolute atomic E-state index is 0. The first-order valence-electron chi connectivity index (χ1n) is 9.85. The number of hydrogen-bond donors (Lipinski definition) is 3. The van der Waals surface area contributed by atoms with Gasteiger partial charge in [0.05, 0.1) is 17.0 Å². The van der Waals surface area contributed by atoms with Gasteiger partial charge < -0.3 is 30.9 Å². The zero-order valence-corrected chi connectivity index (χ0v) is 21.6. The standard InChI is InChI=1S/C18H20N6O7S2.Na/c19-17-20-9(7-33-17)12(22-30)13(25)21-11-2-1-4-23(11)18(29)31-6-8-14(26)24-10(16(27)28)3-5-32-15(8)24;/h3,7-8,11,15,30H,1-2,4-6H2,(H2,19,20)(H,21,25)(H,27,28);/q;+1/p-1/b22-12-;. The van der Waals surface area contributed by atoms with Crippen molar-refractivity contribution in [3.8, 4) is 0 Å². The Hall–Kier alpha value is -2.33. The number of nitrogens with zero attached hydrogens (tertiary/aromatic N) is 4. The van der Waals surface area contributed by atoms with Crippen molar-refractivity contribution >= 4 is 57.8 Å². The van der Waals surface area contributed by atoms with Crippen molar-refractivity contribution in [2.75, 3.05) is 24.6 Å². The quantitative estimate of drug-likeness (QED) is 0.109. The number of thiazole rings is 1. The number of hydrogen-bond acceptors (Lipinski definition) is 12. The van der Waals surface area contributed by atoms with E-state index in [9.17, 15) is 29.5 Å². The number of carbonyl (C=O) groups excluding carboxylic acids is 4. The Morgan fingerprint density at radius 2 is 2.18 bits per heavy atom. The fraction of sp³-hybridized carbons (Fsp3) is 0.444. The number of anilines is 1. The molecule has 0 saturated carbocycles. The van der Waals surface area contributed by atoms with Crippen LogP contribution in [0.25, 0.3) is 0 Å². The largest absolute Gasteiger partial charge is 1.00 e. The van der Waals surface area contributed by atoms with Crippen LogP contribution in [0.15, 0.2) is 22.3 Å². The van der Waals surface area contributed by atoms with Crippen molar-refractivity contribution in [1.82, 2.24) is 20.1 Å². The summed E-state index contributed by atoms with van der Waals surface area (Å²) in [5.41, 5.74) is 5.15. The summed E-state index contributed by atoms with van der Waals surface area (Å²) in [5, 5.41) is 27.2. The molecule has 2 saturated heterocycles. The van der Waals surface area contributed by atoms with Crippen LogP contribution in [0.5, 0.6) is 0 Å². The van der Waals surface area contributed by atoms with Crippen LogP contribution in [0.3, 0.4) is 0 Å². The van der Waals surface area contributed by atoms with Crippen LogP contribution >= 0.6 is 23.1 Å². The predicted molar refractivity (Wildman–Crippen MR) is 114 cm³/mol. The molecule has 1 aromatic heterocycles. The van der Waals surface area contributed by atoms with E-state index in [2.05, 4.69) is 15.5 Å². The average Bonchev–Trinajstić information content (AvgIpc) is 3.42. The van der Waals surface area contributed by atoms with Crippen LogP contribution in [0, 0.1) is 5.92 Å². The van der Waals surface area contributed by atoms with Gasteiger partial charge in [-0.3, -0.25) is 19.4 Å². The molecule has 3 amide bonds. The second-order valence-corrected chi connectivity index (χ2v) is 9.38. The van der Waals surface area contributed by atoms with Gasteiger partial charge in [0, 0.05) is 17.7 Å². The van der Waals surface area contributed by atoms with Gasteiger partial charge in [-0.2, -0.15) is 0 Å². The van der Waals surface area contributed by atoms with Gasteiger partial charge in [0.1, 0.15) is 24.4 Å². The summed E-state index contributed by atoms with van der Waals surface area (Å²) >= 11 is 2.45. The maximum Gasteiger partial charge on any atom is 1.00 e. The zero-order valence-electron chi connectivity index (χ0n) is 18.0. The van der Waals surface area contributed by atoms with Gasteiger partial charge in [-0.25, -0.2) is 9.78 Å². The Bertz CT molecular complexity index is 1060. The maximum absolute atomic E-state index is 12.6. The number of carbonyl (C=O) groups is 4. The van der Waals surface area contributed by atoms with E-state index < -0.39 is 41.3 Å². The predicted octanol–water partition coefficient (Wildman–Crippen LogP) is -4.25. The first-order valence-corrected chi connectivity index (χ1v) is 11.8. The van der Waals surface area contributed by atoms with E-state index in [1.807, 2.05) is 0 Å². The number of aromatic nitrogens is 1. The SMILES string of the molecule is Nc1nc(/C(=N/O)C(=O)NC2CCCN2C(=O)OCC2C(=O)N3C(C(=O)[O-])=CCSC23)cs1.[Na+]. The van der Waals surface area contributed by atoms with Crippen LogP contribution < -0.4 is 45.7 Å². The summed E-state index contributed by atoms with van der Waals surface area (Å²) in [5.74, 6) is -2.88. The van der Waals surface area contributed by atoms with Gasteiger partial charge in [-0.15, -0.1) is 23.1 Å². The molecule has 4 rings (SSSR count). The number of likely N-dealkylation sites (tertiary alicyclic amines) is 1. The van der Waals surface area contributed by atoms with E-state index in [1.54, 1.807) is 0 Å². The molecular weight excluding hydrogens is 499 g/mol. The number of fused-ring (bicyclic) bond motifs is 1. The van der Waals surface area contributed by atoms with E-state index in [4.69, 9.17) is 10.5 Å². The molecule has 0 aliphatic carbocycles. The van der Waals surface area contributed by atoms with Gasteiger partial charge in [0.2, 0.25) is 5.91 Å². The molecule has 16 heteroatoms. The van der Waals surface area contributed by atoms with Crippen LogP contribution in [-0.4, -0.2) is 80.0 Å². The van der Waals surface area contributed by atoms with E-state index in [-0.39, 0.29) is 58.4 Å². The van der Waals surface area contributed by atoms with Gasteiger partial charge in [0.15, 0.2) is 10.8 Å². The molecule has 3 atom stereocenters. The molecule has 3 aliphatic heterocycles. The van der Waals surface area contributed by atoms with Crippen molar-refractivity contribution in [2.24, 2.45) is 11.1 Å². The number of nitrogens with two attached hydrogens (primary N) is 1. The number of aliphatic carboxylic acids is 1. The van der Waals surface area contributed by atoms with E-state index >= 15 is 0 Å². The Morgan fingerprint density at radius 3 is 2.82 bits per heavy atom. The Balaban J connectivity index is 0.00000324. The van der Waals surface area contributed by atoms with Crippen LogP contribution in [0.1, 0.15) is 18.5 Å². The second kappa shape index (κ2) is 10.9. The minimum Gasteiger partial charge on any atom is -0.543 e. The summed E-state index contributed by atoms with van der Waals surface area (Å²) in [6.07, 6.45) is 1.04. The first kappa shape index (κ1) is 26.3. The zero-order chi connectivity index (χ0) is 23.7. The number of ether oxygens (including phenoxy) is 1. The Labute approximate surface area is 223 Å². The summed E-state index contributed by atoms with van der Waals surface area (Å²) in [6.45, 7) is 0.101. The molecular formula is C18H19N6NaO7S2. The number of thioether (sulfide) groups is 1. The van der Waals surface area contributed by atoms with E-state index in [0.29, 0.717) is 25.1 Å². The maximum atomic E-state index is 12.6. The summed E-state index contributed by atoms with van der Waals surface area (Å²) in [7, 11) is 0. The number of carboxylic acid groups (broad SMARTS) is 1. The van der Waals surface area contributed by atoms with Crippen molar-refractivity contribution in [3.05, 3.63) is 22.8 Å². The fourth-order valence-electron chi connectivity index (χ4n) is 3.84. The van der Waals surface area contributed by atoms with Crippen LogP contribution in [0.2, 0.25) is 0 Å². The van der Waals surface area contributed by atoms with Gasteiger partial charge >= 0.3 is 35.7 Å². The van der Waals surface area contributed by atoms with Crippen LogP contribution in [-0.2, 0) is 19.1 Å². The molecule has 2 fully saturated rings. The van der Waals surface area contributed by atoms with Gasteiger partial charge in [-0.05, 0) is 18.9 Å². The van der Waals surface area contributed by atoms with Crippen molar-refractivity contribution < 1.29 is 63.8 Å². The number of nitrogen functional groups attached to an aromatic ring is 1. The number of nitrogens with one attached hydrogen (secondary N) is 1. The molecule has 0 spiro atoms. The molecule has 4 heterocycles. The summed E-state index contributed by atoms with van der Waals surface area (Å²) in [6, 6.07) is 0. The Morgan fingerprint density at radius 1 is 1.41 bits per heavy atom. The normalized spacial score (nSPS) is 23.9. The minimum atomic E-state index is -1.43. The number of oxime groups is 1. The third-order valence-electron chi connectivity index (χ3n) is 5.42. The molecule has 13 nitrogen and oxygen atoms in total. The van der Waals surface area contributed by atoms with Gasteiger partial charge in [0.25, 0.3) is 5.91 Å². The molecule has 3 aliphatic rings. The van der Waals surface area contributed by atoms with Gasteiger partial charge in [-0.1, -0.05) is 5.16 Å². The molecule has 34 heavy (non-hydrogen) atoms. The Kier molecular flexibility index (Phi) is 8.46. The average molecular weight is 519 g/mol. The molecule has 0 radical (unpaired) electrons. The summed E-state index contributed by atoms with van der Waals surface area (Å²) < 4.78 is 5.32. The first-order chi connectivity index (χ1) is 15.8. The van der Waals surface area contributed by atoms with Crippen molar-refractivity contribution in [1.29, 1.82) is 0 Å². The van der Waals surface area contributed by atoms with Crippen molar-refractivity contribution in [2.45, 2.75) is 24.4 Å². The molecule has 0 aromatic carbocycles. The number of rotatable bonds is 6. The number of amides is 3. The second-order valence-electron chi connectivity index (χ2n) is 7.34. The molecule has 1 aromatic rings. The van der Waals surface area contributed by atoms with Crippen LogP contribution in [0.4, 0.5) is 9.93 Å². The summed E-state index contributed by atoms with van der Waals surface area (Å²) in [4.78, 5) is 55.1. The monoisotopic (exact) mass is 518 g/mol. The number of β-lactam (4-membered cyclic amide) rings is 1. The van der Waals surface area contributed by atoms with Crippen molar-refractivity contribution in [3.63, 3.8) is 0 Å². The molecule has 176 valence electrons. The smallest absolute Gasteiger partial charge is 0.543 e. The number of carboxylic acids is 1. The third-order valence-corrected chi connectivity index (χ3v) is 7.33. The third kappa shape index (κ3) is 5.02. The molecule has 4 N–H and O–H groups in total. The molecule has 0 bridgehead atoms. The topological polar surface area (TPSA) is 191 Å².